The predicted octanol–water partition coefficient (Wildman–Crippen LogP) is 6.09. The number of carbonyl (C=O) groups is 1. The van der Waals surface area contributed by atoms with Crippen LogP contribution in [0.5, 0.6) is 5.75 Å². The van der Waals surface area contributed by atoms with E-state index in [0.717, 1.165) is 22.4 Å². The molecular formula is C23H23FO3. The van der Waals surface area contributed by atoms with Gasteiger partial charge in [-0.1, -0.05) is 43.0 Å². The van der Waals surface area contributed by atoms with Crippen LogP contribution in [0.4, 0.5) is 4.39 Å². The van der Waals surface area contributed by atoms with Crippen molar-refractivity contribution in [1.82, 2.24) is 0 Å². The van der Waals surface area contributed by atoms with Crippen molar-refractivity contribution in [2.75, 3.05) is 7.11 Å². The molecule has 27 heavy (non-hydrogen) atoms. The zero-order chi connectivity index (χ0) is 20.0. The van der Waals surface area contributed by atoms with Crippen LogP contribution < -0.4 is 4.74 Å². The first-order valence-electron chi connectivity index (χ1n) is 8.49. The maximum atomic E-state index is 14.5. The standard InChI is InChI=1S/C23H23FO3/c1-15(2)23(25)27-16(3)14-22(24)17(4)18-6-8-19(9-7-18)20-10-12-21(26-5)13-11-20/h6-14H,1H2,2-5H3/b16-14+,22-17-. The third-order valence-electron chi connectivity index (χ3n) is 4.03. The number of benzene rings is 2. The molecule has 140 valence electrons. The van der Waals surface area contributed by atoms with Gasteiger partial charge in [0, 0.05) is 11.6 Å². The van der Waals surface area contributed by atoms with Crippen LogP contribution in [-0.2, 0) is 9.53 Å². The topological polar surface area (TPSA) is 35.5 Å². The smallest absolute Gasteiger partial charge is 0.338 e. The summed E-state index contributed by atoms with van der Waals surface area (Å²) in [7, 11) is 1.63. The number of halogens is 1. The van der Waals surface area contributed by atoms with Crippen molar-refractivity contribution in [3.63, 3.8) is 0 Å². The summed E-state index contributed by atoms with van der Waals surface area (Å²) in [5, 5.41) is 0. The van der Waals surface area contributed by atoms with Gasteiger partial charge in [0.25, 0.3) is 0 Å². The first-order valence-corrected chi connectivity index (χ1v) is 8.49. The lowest BCUT2D eigenvalue weighted by Gasteiger charge is -2.07. The lowest BCUT2D eigenvalue weighted by molar-refractivity contribution is -0.134. The monoisotopic (exact) mass is 366 g/mol. The summed E-state index contributed by atoms with van der Waals surface area (Å²) in [6, 6.07) is 15.3. The van der Waals surface area contributed by atoms with Gasteiger partial charge >= 0.3 is 5.97 Å². The molecule has 0 N–H and O–H groups in total. The van der Waals surface area contributed by atoms with Crippen molar-refractivity contribution in [2.45, 2.75) is 20.8 Å². The normalized spacial score (nSPS) is 12.3. The minimum absolute atomic E-state index is 0.176. The molecular weight excluding hydrogens is 343 g/mol. The molecule has 0 amide bonds. The largest absolute Gasteiger partial charge is 0.497 e. The number of ether oxygens (including phenoxy) is 2. The second-order valence-corrected chi connectivity index (χ2v) is 6.20. The summed E-state index contributed by atoms with van der Waals surface area (Å²) in [6.07, 6.45) is 1.20. The number of hydrogen-bond acceptors (Lipinski definition) is 3. The SMILES string of the molecule is C=C(C)C(=O)O/C(C)=C/C(F)=C(\C)c1ccc(-c2ccc(OC)cc2)cc1. The van der Waals surface area contributed by atoms with Crippen molar-refractivity contribution in [2.24, 2.45) is 0 Å². The number of esters is 1. The van der Waals surface area contributed by atoms with Gasteiger partial charge in [-0.05, 0) is 55.2 Å². The molecule has 4 heteroatoms. The lowest BCUT2D eigenvalue weighted by atomic mass is 10.0. The summed E-state index contributed by atoms with van der Waals surface area (Å²) >= 11 is 0. The average molecular weight is 366 g/mol. The van der Waals surface area contributed by atoms with Crippen LogP contribution in [0.1, 0.15) is 26.3 Å². The van der Waals surface area contributed by atoms with Crippen molar-refractivity contribution in [3.05, 3.63) is 83.9 Å². The summed E-state index contributed by atoms with van der Waals surface area (Å²) < 4.78 is 24.6. The average Bonchev–Trinajstić information content (AvgIpc) is 2.67. The van der Waals surface area contributed by atoms with Gasteiger partial charge in [0.1, 0.15) is 17.3 Å². The molecule has 0 bridgehead atoms. The maximum absolute atomic E-state index is 14.5. The lowest BCUT2D eigenvalue weighted by Crippen LogP contribution is -2.03. The molecule has 0 radical (unpaired) electrons. The van der Waals surface area contributed by atoms with Crippen LogP contribution in [-0.4, -0.2) is 13.1 Å². The van der Waals surface area contributed by atoms with Crippen molar-refractivity contribution in [3.8, 4) is 16.9 Å². The van der Waals surface area contributed by atoms with Gasteiger partial charge in [0.05, 0.1) is 7.11 Å². The number of hydrogen-bond donors (Lipinski definition) is 0. The highest BCUT2D eigenvalue weighted by atomic mass is 19.1. The van der Waals surface area contributed by atoms with E-state index >= 15 is 0 Å². The molecule has 0 aliphatic carbocycles. The highest BCUT2D eigenvalue weighted by molar-refractivity contribution is 5.87. The van der Waals surface area contributed by atoms with E-state index in [9.17, 15) is 9.18 Å². The molecule has 0 aromatic heterocycles. The predicted molar refractivity (Wildman–Crippen MR) is 107 cm³/mol. The number of rotatable bonds is 6. The van der Waals surface area contributed by atoms with Gasteiger partial charge in [-0.15, -0.1) is 0 Å². The van der Waals surface area contributed by atoms with Crippen molar-refractivity contribution >= 4 is 11.5 Å². The molecule has 0 heterocycles. The molecule has 2 rings (SSSR count). The molecule has 0 saturated carbocycles. The summed E-state index contributed by atoms with van der Waals surface area (Å²) in [5.41, 5.74) is 3.55. The number of carbonyl (C=O) groups excluding carboxylic acids is 1. The molecule has 0 spiro atoms. The first kappa shape index (κ1) is 20.2. The van der Waals surface area contributed by atoms with E-state index < -0.39 is 11.8 Å². The van der Waals surface area contributed by atoms with Gasteiger partial charge in [-0.3, -0.25) is 0 Å². The maximum Gasteiger partial charge on any atom is 0.338 e. The highest BCUT2D eigenvalue weighted by Gasteiger charge is 2.08. The molecule has 0 saturated heterocycles. The zero-order valence-corrected chi connectivity index (χ0v) is 16.0. The summed E-state index contributed by atoms with van der Waals surface area (Å²) in [5.74, 6) is -0.0577. The third-order valence-corrected chi connectivity index (χ3v) is 4.03. The van der Waals surface area contributed by atoms with E-state index in [-0.39, 0.29) is 11.3 Å². The Morgan fingerprint density at radius 2 is 1.48 bits per heavy atom. The van der Waals surface area contributed by atoms with Crippen LogP contribution in [0.3, 0.4) is 0 Å². The molecule has 3 nitrogen and oxygen atoms in total. The fourth-order valence-electron chi connectivity index (χ4n) is 2.38. The van der Waals surface area contributed by atoms with Gasteiger partial charge in [0.15, 0.2) is 0 Å². The number of allylic oxidation sites excluding steroid dienone is 4. The Hall–Kier alpha value is -3.14. The Bertz CT molecular complexity index is 888. The minimum Gasteiger partial charge on any atom is -0.497 e. The van der Waals surface area contributed by atoms with Gasteiger partial charge in [-0.2, -0.15) is 0 Å². The van der Waals surface area contributed by atoms with Gasteiger partial charge in [0.2, 0.25) is 0 Å². The van der Waals surface area contributed by atoms with Gasteiger partial charge < -0.3 is 9.47 Å². The van der Waals surface area contributed by atoms with E-state index in [0.29, 0.717) is 5.57 Å². The Morgan fingerprint density at radius 1 is 0.963 bits per heavy atom. The Kier molecular flexibility index (Phi) is 6.72. The highest BCUT2D eigenvalue weighted by Crippen LogP contribution is 2.26. The zero-order valence-electron chi connectivity index (χ0n) is 16.0. The summed E-state index contributed by atoms with van der Waals surface area (Å²) in [6.45, 7) is 8.25. The van der Waals surface area contributed by atoms with Crippen LogP contribution in [0.2, 0.25) is 0 Å². The van der Waals surface area contributed by atoms with E-state index in [1.807, 2.05) is 48.5 Å². The van der Waals surface area contributed by atoms with E-state index in [4.69, 9.17) is 9.47 Å². The molecule has 2 aromatic rings. The summed E-state index contributed by atoms with van der Waals surface area (Å²) in [4.78, 5) is 11.5. The molecule has 0 unspecified atom stereocenters. The molecule has 2 aromatic carbocycles. The minimum atomic E-state index is -0.571. The van der Waals surface area contributed by atoms with Crippen LogP contribution in [0.15, 0.2) is 78.3 Å². The van der Waals surface area contributed by atoms with Crippen LogP contribution >= 0.6 is 0 Å². The second kappa shape index (κ2) is 8.99. The van der Waals surface area contributed by atoms with Crippen molar-refractivity contribution < 1.29 is 18.7 Å². The fourth-order valence-corrected chi connectivity index (χ4v) is 2.38. The fraction of sp³-hybridized carbons (Fsp3) is 0.174. The molecule has 0 atom stereocenters. The number of methoxy groups -OCH3 is 1. The van der Waals surface area contributed by atoms with Gasteiger partial charge in [-0.25, -0.2) is 9.18 Å². The van der Waals surface area contributed by atoms with E-state index in [1.165, 1.54) is 19.9 Å². The Morgan fingerprint density at radius 3 is 1.96 bits per heavy atom. The van der Waals surface area contributed by atoms with E-state index in [1.54, 1.807) is 14.0 Å². The Labute approximate surface area is 159 Å². The Balaban J connectivity index is 2.19. The van der Waals surface area contributed by atoms with E-state index in [2.05, 4.69) is 6.58 Å². The third kappa shape index (κ3) is 5.42. The first-order chi connectivity index (χ1) is 12.8. The molecule has 0 aliphatic heterocycles. The van der Waals surface area contributed by atoms with Crippen molar-refractivity contribution in [1.29, 1.82) is 0 Å². The van der Waals surface area contributed by atoms with Crippen LogP contribution in [0, 0.1) is 0 Å². The molecule has 0 aliphatic rings. The quantitative estimate of drug-likeness (QED) is 0.269. The van der Waals surface area contributed by atoms with Crippen LogP contribution in [0.25, 0.3) is 16.7 Å². The molecule has 0 fully saturated rings. The second-order valence-electron chi connectivity index (χ2n) is 6.20.